The molecule has 47 valence electrons. The first-order valence-corrected chi connectivity index (χ1v) is 12.8. The van der Waals surface area contributed by atoms with Gasteiger partial charge >= 0.3 is 47.6 Å². The molecule has 0 aromatic rings. The fourth-order valence-electron chi connectivity index (χ4n) is 0. The first kappa shape index (κ1) is 16.1. The van der Waals surface area contributed by atoms with Gasteiger partial charge in [-0.2, -0.15) is 0 Å². The Kier molecular flexibility index (Phi) is 36.1. The van der Waals surface area contributed by atoms with Crippen molar-refractivity contribution in [2.75, 3.05) is 7.11 Å². The Labute approximate surface area is 63.9 Å². The molecule has 0 aliphatic carbocycles. The van der Waals surface area contributed by atoms with Gasteiger partial charge in [-0.25, -0.2) is 0 Å². The normalized spacial score (nSPS) is 4.71. The van der Waals surface area contributed by atoms with E-state index in [0.717, 1.165) is 7.11 Å². The molecule has 0 aliphatic heterocycles. The molecular weight excluding hydrogens is 290 g/mol. The summed E-state index contributed by atoms with van der Waals surface area (Å²) in [5, 5.41) is 7.00. The van der Waals surface area contributed by atoms with Crippen LogP contribution < -0.4 is 0 Å². The van der Waals surface area contributed by atoms with E-state index in [0.29, 0.717) is 0 Å². The Morgan fingerprint density at radius 1 is 1.14 bits per heavy atom. The Morgan fingerprint density at radius 2 is 1.14 bits per heavy atom. The first-order chi connectivity index (χ1) is 2.73. The second-order valence-electron chi connectivity index (χ2n) is 0.214. The van der Waals surface area contributed by atoms with E-state index in [1.807, 2.05) is 0 Å². The summed E-state index contributed by atoms with van der Waals surface area (Å²) in [5.74, 6) is 0. The van der Waals surface area contributed by atoms with Crippen LogP contribution in [0.2, 0.25) is 0 Å². The molecule has 0 bridgehead atoms. The molecule has 0 spiro atoms. The predicted octanol–water partition coefficient (Wildman–Crippen LogP) is 0.852. The van der Waals surface area contributed by atoms with Gasteiger partial charge < -0.3 is 10.6 Å². The van der Waals surface area contributed by atoms with Gasteiger partial charge in [0.05, 0.1) is 0 Å². The van der Waals surface area contributed by atoms with Crippen LogP contribution in [0.15, 0.2) is 0 Å². The Balaban J connectivity index is -0.0000000480. The molecule has 0 atom stereocenters. The SMILES string of the molecule is CO.O.[Cl][Ce]([Cl])[Cl]. The van der Waals surface area contributed by atoms with E-state index in [2.05, 4.69) is 0 Å². The van der Waals surface area contributed by atoms with Gasteiger partial charge in [0.25, 0.3) is 0 Å². The molecule has 0 aliphatic rings. The van der Waals surface area contributed by atoms with E-state index >= 15 is 0 Å². The van der Waals surface area contributed by atoms with E-state index in [9.17, 15) is 0 Å². The second kappa shape index (κ2) is 15.7. The van der Waals surface area contributed by atoms with Crippen molar-refractivity contribution in [3.05, 3.63) is 0 Å². The maximum atomic E-state index is 7.00. The van der Waals surface area contributed by atoms with Crippen molar-refractivity contribution >= 4 is 16.9 Å². The fraction of sp³-hybridized carbons (Fsp3) is 1.00. The predicted molar refractivity (Wildman–Crippen MR) is 29.3 cm³/mol. The van der Waals surface area contributed by atoms with E-state index in [1.165, 1.54) is 0 Å². The molecule has 0 heterocycles. The number of hydrogen-bond acceptors (Lipinski definition) is 1. The summed E-state index contributed by atoms with van der Waals surface area (Å²) < 4.78 is 0. The molecule has 0 rings (SSSR count). The fourth-order valence-corrected chi connectivity index (χ4v) is 0. The monoisotopic (exact) mass is 295 g/mol. The van der Waals surface area contributed by atoms with Gasteiger partial charge in [-0.15, -0.1) is 0 Å². The average molecular weight is 297 g/mol. The van der Waals surface area contributed by atoms with Crippen LogP contribution in [0, 0.1) is 30.7 Å². The molecule has 0 aromatic heterocycles. The van der Waals surface area contributed by atoms with Crippen LogP contribution in [-0.2, 0) is 0 Å². The van der Waals surface area contributed by atoms with Gasteiger partial charge in [0, 0.05) is 7.11 Å². The van der Waals surface area contributed by atoms with Crippen LogP contribution in [0.1, 0.15) is 0 Å². The van der Waals surface area contributed by atoms with Crippen LogP contribution in [0.5, 0.6) is 0 Å². The molecule has 6 heteroatoms. The van der Waals surface area contributed by atoms with Gasteiger partial charge in [0.2, 0.25) is 0 Å². The molecule has 0 fully saturated rings. The summed E-state index contributed by atoms with van der Waals surface area (Å²) >= 11 is -2.24. The summed E-state index contributed by atoms with van der Waals surface area (Å²) in [6.07, 6.45) is 0. The Hall–Kier alpha value is 2.17. The van der Waals surface area contributed by atoms with E-state index in [-0.39, 0.29) is 5.48 Å². The molecule has 0 aromatic carbocycles. The van der Waals surface area contributed by atoms with Crippen molar-refractivity contribution in [2.24, 2.45) is 0 Å². The third-order valence-corrected chi connectivity index (χ3v) is 0. The van der Waals surface area contributed by atoms with Crippen LogP contribution in [0.3, 0.4) is 0 Å². The van der Waals surface area contributed by atoms with Gasteiger partial charge in [0.15, 0.2) is 0 Å². The van der Waals surface area contributed by atoms with Crippen molar-refractivity contribution in [3.63, 3.8) is 0 Å². The van der Waals surface area contributed by atoms with Crippen molar-refractivity contribution in [3.8, 4) is 0 Å². The number of aliphatic hydroxyl groups is 1. The van der Waals surface area contributed by atoms with Crippen molar-refractivity contribution in [1.29, 1.82) is 0 Å². The molecule has 0 saturated heterocycles. The number of halogens is 3. The Morgan fingerprint density at radius 3 is 1.14 bits per heavy atom. The zero-order valence-corrected chi connectivity index (χ0v) is 8.99. The molecule has 7 heavy (non-hydrogen) atoms. The van der Waals surface area contributed by atoms with Gasteiger partial charge in [-0.3, -0.25) is 0 Å². The van der Waals surface area contributed by atoms with Crippen molar-refractivity contribution in [2.45, 2.75) is 0 Å². The quantitative estimate of drug-likeness (QED) is 0.708. The minimum absolute atomic E-state index is 0. The van der Waals surface area contributed by atoms with Crippen LogP contribution >= 0.6 is 16.9 Å². The Bertz CT molecular complexity index is 17.7. The van der Waals surface area contributed by atoms with Crippen LogP contribution in [0.4, 0.5) is 0 Å². The second-order valence-corrected chi connectivity index (χ2v) is 14.0. The molecule has 2 nitrogen and oxygen atoms in total. The zero-order valence-electron chi connectivity index (χ0n) is 3.58. The third-order valence-electron chi connectivity index (χ3n) is 0. The molecule has 0 saturated carbocycles. The molecule has 0 unspecified atom stereocenters. The standard InChI is InChI=1S/CH4O.Ce.3ClH.H2O/c1-2;;;;;/h2H,1H3;;3*1H;1H2/q;+3;;;;/p-3. The molecule has 3 N–H and O–H groups in total. The molecular formula is CH6CeCl3O2. The first-order valence-electron chi connectivity index (χ1n) is 1.01. The molecule has 0 amide bonds. The van der Waals surface area contributed by atoms with Crippen LogP contribution in [-0.4, -0.2) is 17.7 Å². The maximum absolute atomic E-state index is 7.00. The van der Waals surface area contributed by atoms with E-state index < -0.39 is 30.7 Å². The number of rotatable bonds is 0. The summed E-state index contributed by atoms with van der Waals surface area (Å²) in [5.41, 5.74) is 15.1. The average Bonchev–Trinajstić information content (AvgIpc) is 1.41. The van der Waals surface area contributed by atoms with Gasteiger partial charge in [-0.1, -0.05) is 0 Å². The zero-order chi connectivity index (χ0) is 5.58. The summed E-state index contributed by atoms with van der Waals surface area (Å²) in [7, 11) is 1.00. The van der Waals surface area contributed by atoms with Crippen LogP contribution in [0.25, 0.3) is 0 Å². The summed E-state index contributed by atoms with van der Waals surface area (Å²) in [4.78, 5) is 0. The summed E-state index contributed by atoms with van der Waals surface area (Å²) in [6.45, 7) is 0. The molecule has 0 radical (unpaired) electrons. The van der Waals surface area contributed by atoms with Crippen molar-refractivity contribution in [1.82, 2.24) is 0 Å². The van der Waals surface area contributed by atoms with E-state index in [1.54, 1.807) is 0 Å². The van der Waals surface area contributed by atoms with Gasteiger partial charge in [-0.05, 0) is 0 Å². The van der Waals surface area contributed by atoms with Crippen molar-refractivity contribution < 1.29 is 41.3 Å². The topological polar surface area (TPSA) is 51.7 Å². The number of hydrogen-bond donors (Lipinski definition) is 1. The summed E-state index contributed by atoms with van der Waals surface area (Å²) in [6, 6.07) is 0. The third kappa shape index (κ3) is 66.2. The minimum atomic E-state index is -2.24. The number of aliphatic hydroxyl groups excluding tert-OH is 1. The van der Waals surface area contributed by atoms with E-state index in [4.69, 9.17) is 22.0 Å². The van der Waals surface area contributed by atoms with Gasteiger partial charge in [0.1, 0.15) is 0 Å².